The molecule has 1 aliphatic rings. The summed E-state index contributed by atoms with van der Waals surface area (Å²) >= 11 is 0. The Labute approximate surface area is 152 Å². The number of carbonyl (C=O) groups is 2. The third kappa shape index (κ3) is 4.11. The van der Waals surface area contributed by atoms with E-state index in [0.717, 1.165) is 18.8 Å². The number of pyridine rings is 1. The van der Waals surface area contributed by atoms with E-state index in [4.69, 9.17) is 4.74 Å². The second-order valence-corrected chi connectivity index (χ2v) is 6.08. The molecule has 0 spiro atoms. The fourth-order valence-corrected chi connectivity index (χ4v) is 2.92. The SMILES string of the molecule is COc1cccc(NC(=O)c2cc(N3CCN(C(C)=O)CC3)ccn2)c1. The molecule has 3 rings (SSSR count). The summed E-state index contributed by atoms with van der Waals surface area (Å²) in [6.07, 6.45) is 1.63. The molecule has 0 bridgehead atoms. The summed E-state index contributed by atoms with van der Waals surface area (Å²) in [6.45, 7) is 4.43. The van der Waals surface area contributed by atoms with Crippen LogP contribution in [-0.4, -0.2) is 55.0 Å². The minimum atomic E-state index is -0.275. The molecule has 0 atom stereocenters. The first kappa shape index (κ1) is 17.7. The minimum Gasteiger partial charge on any atom is -0.497 e. The lowest BCUT2D eigenvalue weighted by Crippen LogP contribution is -2.48. The summed E-state index contributed by atoms with van der Waals surface area (Å²) < 4.78 is 5.16. The zero-order chi connectivity index (χ0) is 18.5. The van der Waals surface area contributed by atoms with Gasteiger partial charge in [-0.1, -0.05) is 6.07 Å². The van der Waals surface area contributed by atoms with Gasteiger partial charge in [0.25, 0.3) is 5.91 Å². The number of nitrogens with zero attached hydrogens (tertiary/aromatic N) is 3. The number of hydrogen-bond donors (Lipinski definition) is 1. The lowest BCUT2D eigenvalue weighted by atomic mass is 10.2. The monoisotopic (exact) mass is 354 g/mol. The van der Waals surface area contributed by atoms with Crippen molar-refractivity contribution in [1.82, 2.24) is 9.88 Å². The highest BCUT2D eigenvalue weighted by atomic mass is 16.5. The van der Waals surface area contributed by atoms with Crippen LogP contribution < -0.4 is 15.0 Å². The fraction of sp³-hybridized carbons (Fsp3) is 0.316. The molecule has 2 amide bonds. The molecule has 2 heterocycles. The third-order valence-corrected chi connectivity index (χ3v) is 4.39. The first-order chi connectivity index (χ1) is 12.6. The number of hydrogen-bond acceptors (Lipinski definition) is 5. The van der Waals surface area contributed by atoms with Gasteiger partial charge >= 0.3 is 0 Å². The Morgan fingerprint density at radius 3 is 2.58 bits per heavy atom. The van der Waals surface area contributed by atoms with E-state index in [2.05, 4.69) is 15.2 Å². The van der Waals surface area contributed by atoms with Crippen LogP contribution in [0.2, 0.25) is 0 Å². The molecule has 1 saturated heterocycles. The summed E-state index contributed by atoms with van der Waals surface area (Å²) in [5, 5.41) is 2.83. The van der Waals surface area contributed by atoms with Crippen molar-refractivity contribution >= 4 is 23.2 Å². The first-order valence-corrected chi connectivity index (χ1v) is 8.49. The number of rotatable bonds is 4. The summed E-state index contributed by atoms with van der Waals surface area (Å²) in [5.41, 5.74) is 1.93. The third-order valence-electron chi connectivity index (χ3n) is 4.39. The van der Waals surface area contributed by atoms with Crippen LogP contribution in [0.15, 0.2) is 42.6 Å². The summed E-state index contributed by atoms with van der Waals surface area (Å²) in [4.78, 5) is 32.1. The highest BCUT2D eigenvalue weighted by Crippen LogP contribution is 2.20. The van der Waals surface area contributed by atoms with Crippen molar-refractivity contribution < 1.29 is 14.3 Å². The van der Waals surface area contributed by atoms with Crippen LogP contribution >= 0.6 is 0 Å². The van der Waals surface area contributed by atoms with Crippen LogP contribution in [0.1, 0.15) is 17.4 Å². The summed E-state index contributed by atoms with van der Waals surface area (Å²) in [5.74, 6) is 0.494. The second kappa shape index (κ2) is 7.86. The summed E-state index contributed by atoms with van der Waals surface area (Å²) in [6, 6.07) is 10.8. The Balaban J connectivity index is 1.68. The Bertz CT molecular complexity index is 801. The Morgan fingerprint density at radius 2 is 1.88 bits per heavy atom. The Kier molecular flexibility index (Phi) is 5.36. The van der Waals surface area contributed by atoms with Crippen LogP contribution in [-0.2, 0) is 4.79 Å². The number of benzene rings is 1. The van der Waals surface area contributed by atoms with Gasteiger partial charge in [0.1, 0.15) is 11.4 Å². The lowest BCUT2D eigenvalue weighted by molar-refractivity contribution is -0.129. The maximum atomic E-state index is 12.5. The van der Waals surface area contributed by atoms with E-state index in [1.807, 2.05) is 23.1 Å². The molecule has 7 nitrogen and oxygen atoms in total. The largest absolute Gasteiger partial charge is 0.497 e. The smallest absolute Gasteiger partial charge is 0.274 e. The highest BCUT2D eigenvalue weighted by Gasteiger charge is 2.19. The zero-order valence-corrected chi connectivity index (χ0v) is 14.9. The van der Waals surface area contributed by atoms with Crippen LogP contribution in [0, 0.1) is 0 Å². The second-order valence-electron chi connectivity index (χ2n) is 6.08. The lowest BCUT2D eigenvalue weighted by Gasteiger charge is -2.35. The molecule has 7 heteroatoms. The molecule has 1 N–H and O–H groups in total. The first-order valence-electron chi connectivity index (χ1n) is 8.49. The van der Waals surface area contributed by atoms with Gasteiger partial charge in [-0.2, -0.15) is 0 Å². The highest BCUT2D eigenvalue weighted by molar-refractivity contribution is 6.03. The molecule has 2 aromatic rings. The van der Waals surface area contributed by atoms with Gasteiger partial charge in [-0.05, 0) is 24.3 Å². The molecule has 0 aliphatic carbocycles. The van der Waals surface area contributed by atoms with E-state index in [1.54, 1.807) is 38.4 Å². The molecule has 1 aromatic carbocycles. The number of anilines is 2. The van der Waals surface area contributed by atoms with Gasteiger partial charge in [-0.25, -0.2) is 0 Å². The number of nitrogens with one attached hydrogen (secondary N) is 1. The van der Waals surface area contributed by atoms with E-state index in [-0.39, 0.29) is 11.8 Å². The van der Waals surface area contributed by atoms with Gasteiger partial charge in [-0.3, -0.25) is 14.6 Å². The zero-order valence-electron chi connectivity index (χ0n) is 14.9. The molecular weight excluding hydrogens is 332 g/mol. The number of ether oxygens (including phenoxy) is 1. The number of carbonyl (C=O) groups excluding carboxylic acids is 2. The van der Waals surface area contributed by atoms with Gasteiger partial charge in [-0.15, -0.1) is 0 Å². The maximum absolute atomic E-state index is 12.5. The van der Waals surface area contributed by atoms with Crippen molar-refractivity contribution in [2.75, 3.05) is 43.5 Å². The Hall–Kier alpha value is -3.09. The average molecular weight is 354 g/mol. The van der Waals surface area contributed by atoms with Gasteiger partial charge < -0.3 is 19.9 Å². The summed E-state index contributed by atoms with van der Waals surface area (Å²) in [7, 11) is 1.58. The molecular formula is C19H22N4O3. The van der Waals surface area contributed by atoms with Crippen LogP contribution in [0.4, 0.5) is 11.4 Å². The van der Waals surface area contributed by atoms with Gasteiger partial charge in [0, 0.05) is 56.7 Å². The maximum Gasteiger partial charge on any atom is 0.274 e. The Morgan fingerprint density at radius 1 is 1.12 bits per heavy atom. The van der Waals surface area contributed by atoms with Crippen LogP contribution in [0.3, 0.4) is 0 Å². The van der Waals surface area contributed by atoms with Crippen molar-refractivity contribution in [3.05, 3.63) is 48.3 Å². The van der Waals surface area contributed by atoms with Crippen LogP contribution in [0.5, 0.6) is 5.75 Å². The number of methoxy groups -OCH3 is 1. The molecule has 26 heavy (non-hydrogen) atoms. The van der Waals surface area contributed by atoms with E-state index in [1.165, 1.54) is 0 Å². The molecule has 1 aliphatic heterocycles. The van der Waals surface area contributed by atoms with E-state index in [9.17, 15) is 9.59 Å². The fourth-order valence-electron chi connectivity index (χ4n) is 2.92. The van der Waals surface area contributed by atoms with Gasteiger partial charge in [0.2, 0.25) is 5.91 Å². The molecule has 136 valence electrons. The van der Waals surface area contributed by atoms with E-state index >= 15 is 0 Å². The molecule has 0 saturated carbocycles. The predicted octanol–water partition coefficient (Wildman–Crippen LogP) is 2.01. The van der Waals surface area contributed by atoms with Gasteiger partial charge in [0.05, 0.1) is 7.11 Å². The van der Waals surface area contributed by atoms with Crippen molar-refractivity contribution in [3.8, 4) is 5.75 Å². The quantitative estimate of drug-likeness (QED) is 0.909. The average Bonchev–Trinajstić information content (AvgIpc) is 2.68. The number of amides is 2. The van der Waals surface area contributed by atoms with Crippen molar-refractivity contribution in [1.29, 1.82) is 0 Å². The van der Waals surface area contributed by atoms with Crippen molar-refractivity contribution in [2.24, 2.45) is 0 Å². The van der Waals surface area contributed by atoms with Crippen LogP contribution in [0.25, 0.3) is 0 Å². The van der Waals surface area contributed by atoms with Crippen molar-refractivity contribution in [2.45, 2.75) is 6.92 Å². The molecule has 0 unspecified atom stereocenters. The normalized spacial score (nSPS) is 14.1. The molecule has 1 fully saturated rings. The van der Waals surface area contributed by atoms with Crippen molar-refractivity contribution in [3.63, 3.8) is 0 Å². The standard InChI is InChI=1S/C19H22N4O3/c1-14(24)22-8-10-23(11-9-22)16-6-7-20-18(13-16)19(25)21-15-4-3-5-17(12-15)26-2/h3-7,12-13H,8-11H2,1-2H3,(H,21,25). The van der Waals surface area contributed by atoms with Gasteiger partial charge in [0.15, 0.2) is 0 Å². The minimum absolute atomic E-state index is 0.0951. The van der Waals surface area contributed by atoms with E-state index < -0.39 is 0 Å². The molecule has 0 radical (unpaired) electrons. The van der Waals surface area contributed by atoms with E-state index in [0.29, 0.717) is 30.2 Å². The topological polar surface area (TPSA) is 74.8 Å². The molecule has 1 aromatic heterocycles. The number of piperazine rings is 1. The number of aromatic nitrogens is 1. The predicted molar refractivity (Wildman–Crippen MR) is 99.7 cm³/mol.